The molecule has 0 aliphatic carbocycles. The van der Waals surface area contributed by atoms with Gasteiger partial charge in [-0.15, -0.1) is 24.2 Å². The number of nitrogens with two attached hydrogens (primary N) is 1. The minimum atomic E-state index is -0.370. The highest BCUT2D eigenvalue weighted by Gasteiger charge is 2.17. The Morgan fingerprint density at radius 1 is 1.48 bits per heavy atom. The molecule has 1 unspecified atom stereocenters. The standard InChI is InChI=1S/C12H20N4O3S.ClH/c1-7(5-13)14-11(17)6-20-9(3)12(18)15-10-4-8(2)19-16-10;/h4,7,9H,5-6,13H2,1-3H3,(H,14,17)(H,15,16,18);1H/t7-,9?;/m0./s1. The molecule has 2 atom stereocenters. The molecule has 0 aliphatic rings. The van der Waals surface area contributed by atoms with Crippen molar-refractivity contribution < 1.29 is 14.1 Å². The van der Waals surface area contributed by atoms with Gasteiger partial charge in [0.25, 0.3) is 0 Å². The van der Waals surface area contributed by atoms with Crippen LogP contribution in [0.2, 0.25) is 0 Å². The lowest BCUT2D eigenvalue weighted by molar-refractivity contribution is -0.119. The second-order valence-corrected chi connectivity index (χ2v) is 5.80. The Balaban J connectivity index is 0.00000400. The first-order valence-electron chi connectivity index (χ1n) is 6.27. The van der Waals surface area contributed by atoms with E-state index in [2.05, 4.69) is 15.8 Å². The van der Waals surface area contributed by atoms with Gasteiger partial charge in [0, 0.05) is 18.7 Å². The van der Waals surface area contributed by atoms with Crippen molar-refractivity contribution in [2.45, 2.75) is 32.1 Å². The Hall–Kier alpha value is -1.25. The maximum atomic E-state index is 11.8. The summed E-state index contributed by atoms with van der Waals surface area (Å²) in [6.45, 7) is 5.68. The number of nitrogens with one attached hydrogen (secondary N) is 2. The number of nitrogens with zero attached hydrogens (tertiary/aromatic N) is 1. The van der Waals surface area contributed by atoms with E-state index in [9.17, 15) is 9.59 Å². The lowest BCUT2D eigenvalue weighted by atomic mass is 10.3. The fourth-order valence-corrected chi connectivity index (χ4v) is 2.00. The Morgan fingerprint density at radius 3 is 2.67 bits per heavy atom. The van der Waals surface area contributed by atoms with E-state index in [0.717, 1.165) is 0 Å². The van der Waals surface area contributed by atoms with Crippen molar-refractivity contribution in [3.8, 4) is 0 Å². The number of halogens is 1. The van der Waals surface area contributed by atoms with E-state index < -0.39 is 0 Å². The summed E-state index contributed by atoms with van der Waals surface area (Å²) in [7, 11) is 0. The molecule has 0 saturated carbocycles. The second-order valence-electron chi connectivity index (χ2n) is 4.47. The topological polar surface area (TPSA) is 110 Å². The van der Waals surface area contributed by atoms with Gasteiger partial charge in [0.05, 0.1) is 11.0 Å². The summed E-state index contributed by atoms with van der Waals surface area (Å²) in [4.78, 5) is 23.4. The predicted molar refractivity (Wildman–Crippen MR) is 85.7 cm³/mol. The fourth-order valence-electron chi connectivity index (χ4n) is 1.30. The molecule has 0 aromatic carbocycles. The third-order valence-electron chi connectivity index (χ3n) is 2.47. The molecule has 0 fully saturated rings. The predicted octanol–water partition coefficient (Wildman–Crippen LogP) is 0.928. The summed E-state index contributed by atoms with van der Waals surface area (Å²) in [6.07, 6.45) is 0. The molecular formula is C12H21ClN4O3S. The highest BCUT2D eigenvalue weighted by Crippen LogP contribution is 2.14. The molecule has 9 heteroatoms. The number of thioether (sulfide) groups is 1. The van der Waals surface area contributed by atoms with Gasteiger partial charge in [-0.1, -0.05) is 5.16 Å². The Morgan fingerprint density at radius 2 is 2.14 bits per heavy atom. The molecule has 21 heavy (non-hydrogen) atoms. The number of hydrogen-bond acceptors (Lipinski definition) is 6. The highest BCUT2D eigenvalue weighted by atomic mass is 35.5. The van der Waals surface area contributed by atoms with Crippen molar-refractivity contribution >= 4 is 41.8 Å². The van der Waals surface area contributed by atoms with Gasteiger partial charge in [0.15, 0.2) is 5.82 Å². The largest absolute Gasteiger partial charge is 0.360 e. The SMILES string of the molecule is Cc1cc(NC(=O)C(C)SCC(=O)N[C@@H](C)CN)no1.Cl. The molecule has 0 aliphatic heterocycles. The molecular weight excluding hydrogens is 316 g/mol. The molecule has 120 valence electrons. The zero-order chi connectivity index (χ0) is 15.1. The van der Waals surface area contributed by atoms with E-state index in [-0.39, 0.29) is 41.3 Å². The van der Waals surface area contributed by atoms with Gasteiger partial charge in [0.1, 0.15) is 5.76 Å². The number of rotatable bonds is 7. The van der Waals surface area contributed by atoms with Crippen LogP contribution in [0.15, 0.2) is 10.6 Å². The van der Waals surface area contributed by atoms with Crippen LogP contribution >= 0.6 is 24.2 Å². The molecule has 1 aromatic rings. The highest BCUT2D eigenvalue weighted by molar-refractivity contribution is 8.01. The number of amides is 2. The van der Waals surface area contributed by atoms with Crippen LogP contribution in [0.4, 0.5) is 5.82 Å². The summed E-state index contributed by atoms with van der Waals surface area (Å²) in [5.74, 6) is 0.848. The van der Waals surface area contributed by atoms with Crippen molar-refractivity contribution in [3.05, 3.63) is 11.8 Å². The molecule has 1 aromatic heterocycles. The summed E-state index contributed by atoms with van der Waals surface area (Å²) < 4.78 is 4.85. The van der Waals surface area contributed by atoms with Gasteiger partial charge in [-0.25, -0.2) is 0 Å². The first-order chi connectivity index (χ1) is 9.42. The number of aryl methyl sites for hydroxylation is 1. The minimum Gasteiger partial charge on any atom is -0.360 e. The van der Waals surface area contributed by atoms with Gasteiger partial charge in [-0.2, -0.15) is 0 Å². The van der Waals surface area contributed by atoms with Crippen LogP contribution in [0.1, 0.15) is 19.6 Å². The lowest BCUT2D eigenvalue weighted by Crippen LogP contribution is -2.39. The first kappa shape index (κ1) is 19.8. The van der Waals surface area contributed by atoms with Crippen LogP contribution in [-0.2, 0) is 9.59 Å². The third kappa shape index (κ3) is 7.35. The summed E-state index contributed by atoms with van der Waals surface area (Å²) in [5, 5.41) is 8.66. The number of aromatic nitrogens is 1. The average Bonchev–Trinajstić information content (AvgIpc) is 2.81. The lowest BCUT2D eigenvalue weighted by Gasteiger charge is -2.13. The maximum absolute atomic E-state index is 11.8. The Labute approximate surface area is 134 Å². The zero-order valence-electron chi connectivity index (χ0n) is 12.2. The molecule has 7 nitrogen and oxygen atoms in total. The third-order valence-corrected chi connectivity index (χ3v) is 3.62. The van der Waals surface area contributed by atoms with E-state index in [0.29, 0.717) is 18.1 Å². The Kier molecular flexibility index (Phi) is 9.07. The van der Waals surface area contributed by atoms with Gasteiger partial charge in [0.2, 0.25) is 11.8 Å². The molecule has 1 rings (SSSR count). The van der Waals surface area contributed by atoms with Crippen LogP contribution < -0.4 is 16.4 Å². The number of carbonyl (C=O) groups is 2. The van der Waals surface area contributed by atoms with Crippen LogP contribution in [-0.4, -0.2) is 40.6 Å². The summed E-state index contributed by atoms with van der Waals surface area (Å²) >= 11 is 1.25. The van der Waals surface area contributed by atoms with Crippen LogP contribution in [0, 0.1) is 6.92 Å². The molecule has 0 saturated heterocycles. The van der Waals surface area contributed by atoms with E-state index in [1.54, 1.807) is 19.9 Å². The molecule has 4 N–H and O–H groups in total. The van der Waals surface area contributed by atoms with E-state index in [1.807, 2.05) is 6.92 Å². The molecule has 1 heterocycles. The number of anilines is 1. The average molecular weight is 337 g/mol. The Bertz CT molecular complexity index is 469. The molecule has 2 amide bonds. The van der Waals surface area contributed by atoms with Crippen LogP contribution in [0.3, 0.4) is 0 Å². The summed E-state index contributed by atoms with van der Waals surface area (Å²) in [6, 6.07) is 1.57. The zero-order valence-corrected chi connectivity index (χ0v) is 13.8. The van der Waals surface area contributed by atoms with Crippen molar-refractivity contribution in [1.29, 1.82) is 0 Å². The van der Waals surface area contributed by atoms with Gasteiger partial charge < -0.3 is 20.9 Å². The van der Waals surface area contributed by atoms with Crippen molar-refractivity contribution in [1.82, 2.24) is 10.5 Å². The molecule has 0 radical (unpaired) electrons. The smallest absolute Gasteiger partial charge is 0.238 e. The molecule has 0 spiro atoms. The number of hydrogen-bond donors (Lipinski definition) is 3. The van der Waals surface area contributed by atoms with Crippen molar-refractivity contribution in [2.75, 3.05) is 17.6 Å². The van der Waals surface area contributed by atoms with Crippen molar-refractivity contribution in [3.63, 3.8) is 0 Å². The van der Waals surface area contributed by atoms with Crippen molar-refractivity contribution in [2.24, 2.45) is 5.73 Å². The van der Waals surface area contributed by atoms with Gasteiger partial charge >= 0.3 is 0 Å². The quantitative estimate of drug-likeness (QED) is 0.683. The summed E-state index contributed by atoms with van der Waals surface area (Å²) in [5.41, 5.74) is 5.41. The van der Waals surface area contributed by atoms with Gasteiger partial charge in [-0.3, -0.25) is 9.59 Å². The van der Waals surface area contributed by atoms with Crippen LogP contribution in [0.5, 0.6) is 0 Å². The molecule has 0 bridgehead atoms. The van der Waals surface area contributed by atoms with Gasteiger partial charge in [-0.05, 0) is 20.8 Å². The fraction of sp³-hybridized carbons (Fsp3) is 0.583. The van der Waals surface area contributed by atoms with E-state index in [1.165, 1.54) is 11.8 Å². The minimum absolute atomic E-state index is 0. The second kappa shape index (κ2) is 9.64. The first-order valence-corrected chi connectivity index (χ1v) is 7.32. The van der Waals surface area contributed by atoms with E-state index >= 15 is 0 Å². The number of carbonyl (C=O) groups excluding carboxylic acids is 2. The maximum Gasteiger partial charge on any atom is 0.238 e. The monoisotopic (exact) mass is 336 g/mol. The normalized spacial score (nSPS) is 13.0. The van der Waals surface area contributed by atoms with Crippen LogP contribution in [0.25, 0.3) is 0 Å². The van der Waals surface area contributed by atoms with E-state index in [4.69, 9.17) is 10.3 Å².